The zero-order valence-electron chi connectivity index (χ0n) is 12.4. The van der Waals surface area contributed by atoms with Crippen LogP contribution in [-0.2, 0) is 13.0 Å². The van der Waals surface area contributed by atoms with E-state index in [0.717, 1.165) is 18.5 Å². The fourth-order valence-corrected chi connectivity index (χ4v) is 4.19. The molecule has 106 valence electrons. The first-order valence-corrected chi connectivity index (χ1v) is 8.46. The lowest BCUT2D eigenvalue weighted by atomic mass is 9.96. The van der Waals surface area contributed by atoms with Crippen LogP contribution in [0, 0.1) is 5.92 Å². The van der Waals surface area contributed by atoms with Crippen LogP contribution in [0.2, 0.25) is 0 Å². The fraction of sp³-hybridized carbons (Fsp3) is 0.750. The number of hydrogen-bond acceptors (Lipinski definition) is 3. The van der Waals surface area contributed by atoms with Gasteiger partial charge < -0.3 is 5.32 Å². The first-order chi connectivity index (χ1) is 9.07. The predicted molar refractivity (Wildman–Crippen MR) is 82.7 cm³/mol. The van der Waals surface area contributed by atoms with E-state index in [1.807, 2.05) is 11.3 Å². The van der Waals surface area contributed by atoms with Crippen LogP contribution in [0.5, 0.6) is 0 Å². The molecule has 1 aliphatic carbocycles. The summed E-state index contributed by atoms with van der Waals surface area (Å²) in [5, 5.41) is 3.72. The third-order valence-corrected chi connectivity index (χ3v) is 5.66. The van der Waals surface area contributed by atoms with Gasteiger partial charge in [0.25, 0.3) is 0 Å². The summed E-state index contributed by atoms with van der Waals surface area (Å²) in [6, 6.07) is 5.40. The topological polar surface area (TPSA) is 15.3 Å². The summed E-state index contributed by atoms with van der Waals surface area (Å²) in [4.78, 5) is 5.80. The van der Waals surface area contributed by atoms with Crippen LogP contribution in [0.1, 0.15) is 43.4 Å². The molecule has 0 radical (unpaired) electrons. The Morgan fingerprint density at radius 2 is 2.05 bits per heavy atom. The lowest BCUT2D eigenvalue weighted by Crippen LogP contribution is -2.61. The van der Waals surface area contributed by atoms with E-state index >= 15 is 0 Å². The molecule has 1 aromatic rings. The third-order valence-electron chi connectivity index (χ3n) is 4.45. The third kappa shape index (κ3) is 3.21. The molecule has 0 bridgehead atoms. The first kappa shape index (κ1) is 13.6. The van der Waals surface area contributed by atoms with Crippen molar-refractivity contribution in [3.63, 3.8) is 0 Å². The summed E-state index contributed by atoms with van der Waals surface area (Å²) in [5.74, 6) is 0.953. The van der Waals surface area contributed by atoms with Gasteiger partial charge in [-0.3, -0.25) is 4.90 Å². The Kier molecular flexibility index (Phi) is 3.71. The molecule has 0 amide bonds. The van der Waals surface area contributed by atoms with E-state index in [4.69, 9.17) is 0 Å². The first-order valence-electron chi connectivity index (χ1n) is 7.64. The van der Waals surface area contributed by atoms with E-state index in [2.05, 4.69) is 43.1 Å². The van der Waals surface area contributed by atoms with E-state index < -0.39 is 0 Å². The van der Waals surface area contributed by atoms with Crippen molar-refractivity contribution in [2.75, 3.05) is 13.1 Å². The number of nitrogens with one attached hydrogen (secondary N) is 1. The lowest BCUT2D eigenvalue weighted by molar-refractivity contribution is 0.0769. The average Bonchev–Trinajstić information content (AvgIpc) is 3.08. The minimum absolute atomic E-state index is 0.260. The summed E-state index contributed by atoms with van der Waals surface area (Å²) in [6.45, 7) is 10.4. The van der Waals surface area contributed by atoms with Crippen LogP contribution < -0.4 is 5.32 Å². The minimum atomic E-state index is 0.260. The van der Waals surface area contributed by atoms with Crippen LogP contribution in [0.25, 0.3) is 0 Å². The van der Waals surface area contributed by atoms with Gasteiger partial charge >= 0.3 is 0 Å². The molecule has 1 saturated carbocycles. The van der Waals surface area contributed by atoms with Gasteiger partial charge in [0.05, 0.1) is 0 Å². The summed E-state index contributed by atoms with van der Waals surface area (Å²) in [7, 11) is 0. The van der Waals surface area contributed by atoms with Crippen molar-refractivity contribution in [3.05, 3.63) is 21.9 Å². The molecule has 2 nitrogen and oxygen atoms in total. The Hall–Kier alpha value is -0.380. The highest BCUT2D eigenvalue weighted by molar-refractivity contribution is 7.11. The molecule has 2 aliphatic rings. The number of thiophene rings is 1. The Morgan fingerprint density at radius 1 is 1.32 bits per heavy atom. The Bertz CT molecular complexity index is 434. The Labute approximate surface area is 121 Å². The molecule has 1 unspecified atom stereocenters. The van der Waals surface area contributed by atoms with Gasteiger partial charge in [0, 0.05) is 41.0 Å². The summed E-state index contributed by atoms with van der Waals surface area (Å²) in [5.41, 5.74) is 0.260. The molecule has 1 N–H and O–H groups in total. The van der Waals surface area contributed by atoms with Gasteiger partial charge in [-0.2, -0.15) is 0 Å². The molecule has 3 heteroatoms. The van der Waals surface area contributed by atoms with E-state index in [0.29, 0.717) is 0 Å². The molecule has 1 aromatic heterocycles. The average molecular weight is 278 g/mol. The molecular weight excluding hydrogens is 252 g/mol. The minimum Gasteiger partial charge on any atom is -0.309 e. The van der Waals surface area contributed by atoms with Gasteiger partial charge in [0.1, 0.15) is 0 Å². The van der Waals surface area contributed by atoms with Crippen LogP contribution in [-0.4, -0.2) is 29.6 Å². The summed E-state index contributed by atoms with van der Waals surface area (Å²) in [6.07, 6.45) is 4.05. The van der Waals surface area contributed by atoms with Crippen molar-refractivity contribution < 1.29 is 0 Å². The van der Waals surface area contributed by atoms with E-state index in [1.54, 1.807) is 4.88 Å². The van der Waals surface area contributed by atoms with Crippen LogP contribution in [0.4, 0.5) is 0 Å². The molecule has 19 heavy (non-hydrogen) atoms. The van der Waals surface area contributed by atoms with Gasteiger partial charge in [0.15, 0.2) is 0 Å². The maximum absolute atomic E-state index is 3.72. The second-order valence-corrected chi connectivity index (χ2v) is 8.05. The van der Waals surface area contributed by atoms with Crippen molar-refractivity contribution in [2.24, 2.45) is 5.92 Å². The molecule has 1 atom stereocenters. The highest BCUT2D eigenvalue weighted by Crippen LogP contribution is 2.38. The second kappa shape index (κ2) is 5.19. The standard InChI is InChI=1S/C16H26N2S/c1-4-13-7-8-14(19-13)10-18-11-16(2,3)17-9-15(18)12-5-6-12/h7-8,12,15,17H,4-6,9-11H2,1-3H3. The molecule has 2 fully saturated rings. The van der Waals surface area contributed by atoms with Crippen LogP contribution in [0.3, 0.4) is 0 Å². The molecule has 0 spiro atoms. The van der Waals surface area contributed by atoms with Crippen molar-refractivity contribution in [3.8, 4) is 0 Å². The molecule has 1 aliphatic heterocycles. The summed E-state index contributed by atoms with van der Waals surface area (Å²) >= 11 is 2.00. The molecule has 3 rings (SSSR count). The number of nitrogens with zero attached hydrogens (tertiary/aromatic N) is 1. The van der Waals surface area contributed by atoms with E-state index in [-0.39, 0.29) is 5.54 Å². The van der Waals surface area contributed by atoms with Crippen molar-refractivity contribution in [2.45, 2.75) is 58.2 Å². The maximum atomic E-state index is 3.72. The van der Waals surface area contributed by atoms with Gasteiger partial charge in [-0.05, 0) is 51.2 Å². The van der Waals surface area contributed by atoms with Crippen LogP contribution >= 0.6 is 11.3 Å². The largest absolute Gasteiger partial charge is 0.309 e. The highest BCUT2D eigenvalue weighted by atomic mass is 32.1. The number of piperazine rings is 1. The van der Waals surface area contributed by atoms with Gasteiger partial charge in [-0.25, -0.2) is 0 Å². The monoisotopic (exact) mass is 278 g/mol. The maximum Gasteiger partial charge on any atom is 0.0332 e. The van der Waals surface area contributed by atoms with Gasteiger partial charge in [-0.1, -0.05) is 6.92 Å². The van der Waals surface area contributed by atoms with Gasteiger partial charge in [0.2, 0.25) is 0 Å². The van der Waals surface area contributed by atoms with Crippen molar-refractivity contribution >= 4 is 11.3 Å². The quantitative estimate of drug-likeness (QED) is 0.909. The normalized spacial score (nSPS) is 27.6. The Morgan fingerprint density at radius 3 is 2.68 bits per heavy atom. The molecular formula is C16H26N2S. The van der Waals surface area contributed by atoms with Crippen LogP contribution in [0.15, 0.2) is 12.1 Å². The number of hydrogen-bond donors (Lipinski definition) is 1. The van der Waals surface area contributed by atoms with Crippen molar-refractivity contribution in [1.29, 1.82) is 0 Å². The molecule has 2 heterocycles. The zero-order chi connectivity index (χ0) is 13.5. The SMILES string of the molecule is CCc1ccc(CN2CC(C)(C)NCC2C2CC2)s1. The number of aryl methyl sites for hydroxylation is 1. The highest BCUT2D eigenvalue weighted by Gasteiger charge is 2.40. The molecule has 1 saturated heterocycles. The van der Waals surface area contributed by atoms with E-state index in [9.17, 15) is 0 Å². The predicted octanol–water partition coefficient (Wildman–Crippen LogP) is 3.27. The smallest absolute Gasteiger partial charge is 0.0332 e. The Balaban J connectivity index is 1.71. The zero-order valence-corrected chi connectivity index (χ0v) is 13.2. The van der Waals surface area contributed by atoms with E-state index in [1.165, 1.54) is 37.2 Å². The number of rotatable bonds is 4. The lowest BCUT2D eigenvalue weighted by Gasteiger charge is -2.44. The molecule has 0 aromatic carbocycles. The van der Waals surface area contributed by atoms with Gasteiger partial charge in [-0.15, -0.1) is 11.3 Å². The van der Waals surface area contributed by atoms with Crippen molar-refractivity contribution in [1.82, 2.24) is 10.2 Å². The summed E-state index contributed by atoms with van der Waals surface area (Å²) < 4.78 is 0. The fourth-order valence-electron chi connectivity index (χ4n) is 3.21. The second-order valence-electron chi connectivity index (χ2n) is 6.80.